The van der Waals surface area contributed by atoms with Crippen LogP contribution in [0.1, 0.15) is 30.6 Å². The molecule has 0 fully saturated rings. The van der Waals surface area contributed by atoms with E-state index in [1.807, 2.05) is 0 Å². The highest BCUT2D eigenvalue weighted by molar-refractivity contribution is 6.00. The van der Waals surface area contributed by atoms with E-state index in [2.05, 4.69) is 24.5 Å². The summed E-state index contributed by atoms with van der Waals surface area (Å²) in [6, 6.07) is 5.28. The minimum Gasteiger partial charge on any atom is -0.399 e. The van der Waals surface area contributed by atoms with Gasteiger partial charge in [-0.25, -0.2) is 0 Å². The Hall–Kier alpha value is -1.71. The van der Waals surface area contributed by atoms with Crippen molar-refractivity contribution in [3.63, 3.8) is 0 Å². The van der Waals surface area contributed by atoms with E-state index in [-0.39, 0.29) is 5.91 Å². The summed E-state index contributed by atoms with van der Waals surface area (Å²) in [6.45, 7) is 5.15. The molecule has 0 spiro atoms. The van der Waals surface area contributed by atoms with Crippen LogP contribution in [-0.2, 0) is 0 Å². The lowest BCUT2D eigenvalue weighted by Crippen LogP contribution is -2.21. The van der Waals surface area contributed by atoms with E-state index in [1.54, 1.807) is 25.2 Å². The first kappa shape index (κ1) is 13.4. The number of hydrogen-bond acceptors (Lipinski definition) is 3. The maximum atomic E-state index is 11.7. The lowest BCUT2D eigenvalue weighted by Gasteiger charge is -2.15. The molecule has 94 valence electrons. The molecule has 4 heteroatoms. The van der Waals surface area contributed by atoms with Crippen LogP contribution < -0.4 is 16.4 Å². The van der Waals surface area contributed by atoms with E-state index < -0.39 is 0 Å². The number of carbonyl (C=O) groups is 1. The zero-order valence-corrected chi connectivity index (χ0v) is 10.7. The third-order valence-electron chi connectivity index (χ3n) is 2.85. The number of hydrogen-bond donors (Lipinski definition) is 3. The van der Waals surface area contributed by atoms with Gasteiger partial charge in [0, 0.05) is 25.0 Å². The van der Waals surface area contributed by atoms with Crippen LogP contribution >= 0.6 is 0 Å². The lowest BCUT2D eigenvalue weighted by molar-refractivity contribution is 0.0964. The van der Waals surface area contributed by atoms with Crippen molar-refractivity contribution >= 4 is 17.3 Å². The largest absolute Gasteiger partial charge is 0.399 e. The van der Waals surface area contributed by atoms with Crippen molar-refractivity contribution in [2.75, 3.05) is 24.6 Å². The summed E-state index contributed by atoms with van der Waals surface area (Å²) in [4.78, 5) is 11.7. The number of carbonyl (C=O) groups excluding carboxylic acids is 1. The highest BCUT2D eigenvalue weighted by Crippen LogP contribution is 2.19. The fourth-order valence-corrected chi connectivity index (χ4v) is 1.47. The maximum absolute atomic E-state index is 11.7. The van der Waals surface area contributed by atoms with Crippen LogP contribution in [0.5, 0.6) is 0 Å². The number of nitrogens with two attached hydrogens (primary N) is 1. The van der Waals surface area contributed by atoms with Gasteiger partial charge >= 0.3 is 0 Å². The number of rotatable bonds is 5. The van der Waals surface area contributed by atoms with Gasteiger partial charge < -0.3 is 16.4 Å². The molecule has 0 aliphatic rings. The third-order valence-corrected chi connectivity index (χ3v) is 2.85. The number of anilines is 2. The molecule has 17 heavy (non-hydrogen) atoms. The van der Waals surface area contributed by atoms with Crippen LogP contribution in [0.15, 0.2) is 18.2 Å². The second-order valence-electron chi connectivity index (χ2n) is 4.28. The van der Waals surface area contributed by atoms with Gasteiger partial charge in [-0.2, -0.15) is 0 Å². The maximum Gasteiger partial charge on any atom is 0.253 e. The van der Waals surface area contributed by atoms with E-state index in [0.29, 0.717) is 17.2 Å². The van der Waals surface area contributed by atoms with Crippen molar-refractivity contribution in [1.29, 1.82) is 0 Å². The van der Waals surface area contributed by atoms with Gasteiger partial charge in [-0.1, -0.05) is 20.3 Å². The summed E-state index contributed by atoms with van der Waals surface area (Å²) in [5, 5.41) is 5.90. The summed E-state index contributed by atoms with van der Waals surface area (Å²) in [7, 11) is 1.62. The molecule has 0 heterocycles. The molecule has 1 atom stereocenters. The Kier molecular flexibility index (Phi) is 4.82. The molecule has 0 bridgehead atoms. The minimum atomic E-state index is -0.100. The summed E-state index contributed by atoms with van der Waals surface area (Å²) < 4.78 is 0. The monoisotopic (exact) mass is 235 g/mol. The molecule has 1 aromatic carbocycles. The topological polar surface area (TPSA) is 67.1 Å². The van der Waals surface area contributed by atoms with Crippen LogP contribution in [0.4, 0.5) is 11.4 Å². The second-order valence-corrected chi connectivity index (χ2v) is 4.28. The average Bonchev–Trinajstić information content (AvgIpc) is 2.35. The predicted molar refractivity (Wildman–Crippen MR) is 72.2 cm³/mol. The first-order valence-corrected chi connectivity index (χ1v) is 5.94. The molecule has 1 unspecified atom stereocenters. The second kappa shape index (κ2) is 6.13. The summed E-state index contributed by atoms with van der Waals surface area (Å²) in [5.74, 6) is 0.464. The Labute approximate surface area is 103 Å². The van der Waals surface area contributed by atoms with Gasteiger partial charge in [0.2, 0.25) is 0 Å². The zero-order chi connectivity index (χ0) is 12.8. The van der Waals surface area contributed by atoms with Crippen molar-refractivity contribution in [3.05, 3.63) is 23.8 Å². The van der Waals surface area contributed by atoms with Crippen LogP contribution in [0.25, 0.3) is 0 Å². The molecule has 4 nitrogen and oxygen atoms in total. The van der Waals surface area contributed by atoms with Gasteiger partial charge in [-0.05, 0) is 24.1 Å². The fraction of sp³-hybridized carbons (Fsp3) is 0.462. The smallest absolute Gasteiger partial charge is 0.253 e. The number of benzene rings is 1. The van der Waals surface area contributed by atoms with Crippen molar-refractivity contribution in [3.8, 4) is 0 Å². The van der Waals surface area contributed by atoms with E-state index >= 15 is 0 Å². The van der Waals surface area contributed by atoms with Gasteiger partial charge in [0.1, 0.15) is 0 Å². The zero-order valence-electron chi connectivity index (χ0n) is 10.7. The van der Waals surface area contributed by atoms with Crippen molar-refractivity contribution < 1.29 is 4.79 Å². The van der Waals surface area contributed by atoms with E-state index in [0.717, 1.165) is 18.7 Å². The normalized spacial score (nSPS) is 11.9. The standard InChI is InChI=1S/C13H21N3O/c1-4-9(2)8-16-12-7-10(14)5-6-11(12)13(17)15-3/h5-7,9,16H,4,8,14H2,1-3H3,(H,15,17). The number of nitrogens with one attached hydrogen (secondary N) is 2. The van der Waals surface area contributed by atoms with Gasteiger partial charge in [0.05, 0.1) is 5.56 Å². The molecule has 0 aliphatic carbocycles. The quantitative estimate of drug-likeness (QED) is 0.684. The Morgan fingerprint density at radius 3 is 2.76 bits per heavy atom. The predicted octanol–water partition coefficient (Wildman–Crippen LogP) is 2.09. The van der Waals surface area contributed by atoms with E-state index in [9.17, 15) is 4.79 Å². The van der Waals surface area contributed by atoms with Gasteiger partial charge in [-0.3, -0.25) is 4.79 Å². The minimum absolute atomic E-state index is 0.100. The number of nitrogen functional groups attached to an aromatic ring is 1. The molecule has 0 aliphatic heterocycles. The first-order valence-electron chi connectivity index (χ1n) is 5.94. The average molecular weight is 235 g/mol. The summed E-state index contributed by atoms with van der Waals surface area (Å²) >= 11 is 0. The molecular formula is C13H21N3O. The van der Waals surface area contributed by atoms with Gasteiger partial charge in [0.15, 0.2) is 0 Å². The van der Waals surface area contributed by atoms with Gasteiger partial charge in [-0.15, -0.1) is 0 Å². The molecular weight excluding hydrogens is 214 g/mol. The van der Waals surface area contributed by atoms with Crippen LogP contribution in [0, 0.1) is 5.92 Å². The highest BCUT2D eigenvalue weighted by atomic mass is 16.1. The molecule has 0 aromatic heterocycles. The Balaban J connectivity index is 2.87. The highest BCUT2D eigenvalue weighted by Gasteiger charge is 2.10. The molecule has 1 amide bonds. The third kappa shape index (κ3) is 3.66. The lowest BCUT2D eigenvalue weighted by atomic mass is 10.1. The number of amides is 1. The van der Waals surface area contributed by atoms with E-state index in [1.165, 1.54) is 0 Å². The fourth-order valence-electron chi connectivity index (χ4n) is 1.47. The Bertz CT molecular complexity index is 390. The summed E-state index contributed by atoms with van der Waals surface area (Å²) in [6.07, 6.45) is 1.10. The Morgan fingerprint density at radius 1 is 1.47 bits per heavy atom. The summed E-state index contributed by atoms with van der Waals surface area (Å²) in [5.41, 5.74) is 7.82. The molecule has 1 rings (SSSR count). The first-order chi connectivity index (χ1) is 8.08. The van der Waals surface area contributed by atoms with E-state index in [4.69, 9.17) is 5.73 Å². The van der Waals surface area contributed by atoms with Crippen molar-refractivity contribution in [2.45, 2.75) is 20.3 Å². The molecule has 4 N–H and O–H groups in total. The van der Waals surface area contributed by atoms with Crippen molar-refractivity contribution in [1.82, 2.24) is 5.32 Å². The van der Waals surface area contributed by atoms with Crippen LogP contribution in [0.2, 0.25) is 0 Å². The van der Waals surface area contributed by atoms with Crippen LogP contribution in [0.3, 0.4) is 0 Å². The molecule has 0 saturated heterocycles. The SMILES string of the molecule is CCC(C)CNc1cc(N)ccc1C(=O)NC. The molecule has 0 saturated carbocycles. The van der Waals surface area contributed by atoms with Gasteiger partial charge in [0.25, 0.3) is 5.91 Å². The molecule has 1 aromatic rings. The van der Waals surface area contributed by atoms with Crippen molar-refractivity contribution in [2.24, 2.45) is 5.92 Å². The Morgan fingerprint density at radius 2 is 2.18 bits per heavy atom. The molecule has 0 radical (unpaired) electrons. The van der Waals surface area contributed by atoms with Crippen LogP contribution in [-0.4, -0.2) is 19.5 Å².